The number of rotatable bonds is 3. The van der Waals surface area contributed by atoms with Crippen LogP contribution in [0.4, 0.5) is 0 Å². The fraction of sp³-hybridized carbons (Fsp3) is 0.0909. The minimum Gasteiger partial charge on any atom is -0.497 e. The standard InChI is InChI=1S/C11H11N3O3/c1-16-8-4-2-3-7(5-8)10-9(11(15)14-12)13-6-17-10/h2-6H,12H2,1H3,(H,14,15). The van der Waals surface area contributed by atoms with Gasteiger partial charge in [-0.1, -0.05) is 12.1 Å². The highest BCUT2D eigenvalue weighted by atomic mass is 16.5. The molecule has 3 N–H and O–H groups in total. The lowest BCUT2D eigenvalue weighted by atomic mass is 10.1. The second-order valence-corrected chi connectivity index (χ2v) is 3.24. The molecule has 0 atom stereocenters. The highest BCUT2D eigenvalue weighted by Crippen LogP contribution is 2.26. The van der Waals surface area contributed by atoms with Gasteiger partial charge in [0.15, 0.2) is 17.8 Å². The van der Waals surface area contributed by atoms with Gasteiger partial charge in [-0.05, 0) is 12.1 Å². The maximum Gasteiger partial charge on any atom is 0.287 e. The molecule has 2 aromatic rings. The zero-order valence-corrected chi connectivity index (χ0v) is 9.14. The molecule has 0 spiro atoms. The summed E-state index contributed by atoms with van der Waals surface area (Å²) in [7, 11) is 1.56. The van der Waals surface area contributed by atoms with Gasteiger partial charge in [0.05, 0.1) is 7.11 Å². The third-order valence-corrected chi connectivity index (χ3v) is 2.25. The second-order valence-electron chi connectivity index (χ2n) is 3.24. The first-order valence-electron chi connectivity index (χ1n) is 4.85. The van der Waals surface area contributed by atoms with E-state index in [9.17, 15) is 4.79 Å². The number of oxazole rings is 1. The van der Waals surface area contributed by atoms with Crippen molar-refractivity contribution in [2.75, 3.05) is 7.11 Å². The first-order chi connectivity index (χ1) is 8.26. The Kier molecular flexibility index (Phi) is 3.06. The Balaban J connectivity index is 2.45. The SMILES string of the molecule is COc1cccc(-c2ocnc2C(=O)NN)c1. The predicted octanol–water partition coefficient (Wildman–Crippen LogP) is 0.954. The Morgan fingerprint density at radius 3 is 3.06 bits per heavy atom. The number of carbonyl (C=O) groups excluding carboxylic acids is 1. The van der Waals surface area contributed by atoms with Crippen molar-refractivity contribution < 1.29 is 13.9 Å². The summed E-state index contributed by atoms with van der Waals surface area (Å²) >= 11 is 0. The van der Waals surface area contributed by atoms with Crippen LogP contribution in [-0.2, 0) is 0 Å². The van der Waals surface area contributed by atoms with E-state index in [1.54, 1.807) is 31.4 Å². The second kappa shape index (κ2) is 4.67. The smallest absolute Gasteiger partial charge is 0.287 e. The first kappa shape index (κ1) is 11.2. The van der Waals surface area contributed by atoms with Gasteiger partial charge in [-0.15, -0.1) is 0 Å². The number of hydrogen-bond acceptors (Lipinski definition) is 5. The van der Waals surface area contributed by atoms with E-state index in [0.29, 0.717) is 17.1 Å². The molecule has 17 heavy (non-hydrogen) atoms. The van der Waals surface area contributed by atoms with Crippen molar-refractivity contribution in [1.29, 1.82) is 0 Å². The monoisotopic (exact) mass is 233 g/mol. The van der Waals surface area contributed by atoms with Crippen molar-refractivity contribution in [1.82, 2.24) is 10.4 Å². The lowest BCUT2D eigenvalue weighted by Gasteiger charge is -2.03. The van der Waals surface area contributed by atoms with E-state index in [-0.39, 0.29) is 5.69 Å². The number of ether oxygens (including phenoxy) is 1. The Bertz CT molecular complexity index is 536. The molecular formula is C11H11N3O3. The summed E-state index contributed by atoms with van der Waals surface area (Å²) in [6, 6.07) is 7.12. The van der Waals surface area contributed by atoms with Gasteiger partial charge in [0, 0.05) is 5.56 Å². The number of benzene rings is 1. The number of methoxy groups -OCH3 is 1. The Hall–Kier alpha value is -2.34. The van der Waals surface area contributed by atoms with E-state index in [4.69, 9.17) is 15.0 Å². The van der Waals surface area contributed by atoms with Gasteiger partial charge in [-0.2, -0.15) is 0 Å². The van der Waals surface area contributed by atoms with Crippen LogP contribution in [0.1, 0.15) is 10.5 Å². The minimum absolute atomic E-state index is 0.140. The van der Waals surface area contributed by atoms with Crippen molar-refractivity contribution in [2.45, 2.75) is 0 Å². The Morgan fingerprint density at radius 2 is 2.35 bits per heavy atom. The Labute approximate surface area is 97.4 Å². The third kappa shape index (κ3) is 2.11. The van der Waals surface area contributed by atoms with Crippen LogP contribution in [0, 0.1) is 0 Å². The number of nitrogens with zero attached hydrogens (tertiary/aromatic N) is 1. The van der Waals surface area contributed by atoms with Crippen molar-refractivity contribution in [3.8, 4) is 17.1 Å². The molecular weight excluding hydrogens is 222 g/mol. The van der Waals surface area contributed by atoms with Crippen LogP contribution in [0.2, 0.25) is 0 Å². The van der Waals surface area contributed by atoms with Gasteiger partial charge in [-0.3, -0.25) is 10.2 Å². The van der Waals surface area contributed by atoms with Gasteiger partial charge in [0.25, 0.3) is 5.91 Å². The molecule has 0 aliphatic rings. The van der Waals surface area contributed by atoms with E-state index < -0.39 is 5.91 Å². The van der Waals surface area contributed by atoms with Crippen LogP contribution < -0.4 is 16.0 Å². The van der Waals surface area contributed by atoms with E-state index in [1.807, 2.05) is 5.43 Å². The van der Waals surface area contributed by atoms with Crippen LogP contribution in [-0.4, -0.2) is 18.0 Å². The molecule has 0 saturated heterocycles. The van der Waals surface area contributed by atoms with Gasteiger partial charge in [0.2, 0.25) is 0 Å². The summed E-state index contributed by atoms with van der Waals surface area (Å²) in [5, 5.41) is 0. The van der Waals surface area contributed by atoms with Gasteiger partial charge in [-0.25, -0.2) is 10.8 Å². The molecule has 88 valence electrons. The van der Waals surface area contributed by atoms with Gasteiger partial charge >= 0.3 is 0 Å². The average molecular weight is 233 g/mol. The number of nitrogen functional groups attached to an aromatic ring is 1. The summed E-state index contributed by atoms with van der Waals surface area (Å²) in [5.74, 6) is 5.58. The molecule has 0 saturated carbocycles. The van der Waals surface area contributed by atoms with Gasteiger partial charge in [0.1, 0.15) is 5.75 Å². The molecule has 0 aliphatic heterocycles. The lowest BCUT2D eigenvalue weighted by molar-refractivity contribution is 0.0949. The zero-order valence-electron chi connectivity index (χ0n) is 9.14. The molecule has 0 radical (unpaired) electrons. The van der Waals surface area contributed by atoms with E-state index >= 15 is 0 Å². The number of nitrogens with one attached hydrogen (secondary N) is 1. The largest absolute Gasteiger partial charge is 0.497 e. The molecule has 0 bridgehead atoms. The van der Waals surface area contributed by atoms with Crippen molar-refractivity contribution in [3.63, 3.8) is 0 Å². The highest BCUT2D eigenvalue weighted by molar-refractivity contribution is 5.97. The van der Waals surface area contributed by atoms with Crippen molar-refractivity contribution in [2.24, 2.45) is 5.84 Å². The molecule has 6 heteroatoms. The number of aromatic nitrogens is 1. The average Bonchev–Trinajstić information content (AvgIpc) is 2.87. The molecule has 2 rings (SSSR count). The molecule has 1 aromatic heterocycles. The minimum atomic E-state index is -0.503. The zero-order chi connectivity index (χ0) is 12.3. The summed E-state index contributed by atoms with van der Waals surface area (Å²) in [6.07, 6.45) is 1.19. The summed E-state index contributed by atoms with van der Waals surface area (Å²) < 4.78 is 10.3. The fourth-order valence-electron chi connectivity index (χ4n) is 1.45. The molecule has 0 fully saturated rings. The summed E-state index contributed by atoms with van der Waals surface area (Å²) in [6.45, 7) is 0. The number of amides is 1. The van der Waals surface area contributed by atoms with E-state index in [1.165, 1.54) is 6.39 Å². The Morgan fingerprint density at radius 1 is 1.53 bits per heavy atom. The normalized spacial score (nSPS) is 10.0. The van der Waals surface area contributed by atoms with Crippen LogP contribution in [0.5, 0.6) is 5.75 Å². The predicted molar refractivity (Wildman–Crippen MR) is 60.1 cm³/mol. The lowest BCUT2D eigenvalue weighted by Crippen LogP contribution is -2.30. The number of carbonyl (C=O) groups is 1. The number of hydrogen-bond donors (Lipinski definition) is 2. The first-order valence-corrected chi connectivity index (χ1v) is 4.85. The molecule has 1 aromatic carbocycles. The van der Waals surface area contributed by atoms with Crippen LogP contribution in [0.25, 0.3) is 11.3 Å². The maximum absolute atomic E-state index is 11.4. The van der Waals surface area contributed by atoms with Crippen LogP contribution in [0.3, 0.4) is 0 Å². The highest BCUT2D eigenvalue weighted by Gasteiger charge is 2.17. The summed E-state index contributed by atoms with van der Waals surface area (Å²) in [5.41, 5.74) is 2.85. The molecule has 0 aliphatic carbocycles. The van der Waals surface area contributed by atoms with E-state index in [2.05, 4.69) is 4.98 Å². The van der Waals surface area contributed by atoms with Crippen LogP contribution >= 0.6 is 0 Å². The quantitative estimate of drug-likeness (QED) is 0.468. The van der Waals surface area contributed by atoms with Gasteiger partial charge < -0.3 is 9.15 Å². The molecule has 1 amide bonds. The topological polar surface area (TPSA) is 90.4 Å². The third-order valence-electron chi connectivity index (χ3n) is 2.25. The molecule has 6 nitrogen and oxygen atoms in total. The number of nitrogens with two attached hydrogens (primary N) is 1. The number of hydrazine groups is 1. The maximum atomic E-state index is 11.4. The molecule has 1 heterocycles. The van der Waals surface area contributed by atoms with E-state index in [0.717, 1.165) is 0 Å². The van der Waals surface area contributed by atoms with Crippen LogP contribution in [0.15, 0.2) is 35.1 Å². The fourth-order valence-corrected chi connectivity index (χ4v) is 1.45. The summed E-state index contributed by atoms with van der Waals surface area (Å²) in [4.78, 5) is 15.3. The van der Waals surface area contributed by atoms with Crippen molar-refractivity contribution >= 4 is 5.91 Å². The molecule has 0 unspecified atom stereocenters. The van der Waals surface area contributed by atoms with Crippen molar-refractivity contribution in [3.05, 3.63) is 36.4 Å².